The fourth-order valence-corrected chi connectivity index (χ4v) is 3.03. The number of imide groups is 1. The first-order valence-corrected chi connectivity index (χ1v) is 8.85. The third kappa shape index (κ3) is 4.57. The minimum absolute atomic E-state index is 0.104. The van der Waals surface area contributed by atoms with Gasteiger partial charge in [-0.25, -0.2) is 18.5 Å². The number of rotatable bonds is 7. The Morgan fingerprint density at radius 2 is 1.62 bits per heavy atom. The number of halogens is 2. The molecule has 2 aromatic carbocycles. The molecule has 1 atom stereocenters. The van der Waals surface area contributed by atoms with Gasteiger partial charge in [-0.1, -0.05) is 0 Å². The number of carbonyl (C=O) groups is 3. The summed E-state index contributed by atoms with van der Waals surface area (Å²) < 4.78 is 31.2. The molecule has 0 aromatic heterocycles. The van der Waals surface area contributed by atoms with Crippen molar-refractivity contribution in [2.24, 2.45) is 0 Å². The summed E-state index contributed by atoms with van der Waals surface area (Å²) in [7, 11) is 1.45. The van der Waals surface area contributed by atoms with Gasteiger partial charge in [0.1, 0.15) is 17.7 Å². The van der Waals surface area contributed by atoms with Crippen molar-refractivity contribution < 1.29 is 27.9 Å². The molecule has 0 saturated carbocycles. The van der Waals surface area contributed by atoms with Crippen LogP contribution in [0.15, 0.2) is 48.5 Å². The molecule has 4 amide bonds. The van der Waals surface area contributed by atoms with Crippen LogP contribution in [0.3, 0.4) is 0 Å². The second-order valence-electron chi connectivity index (χ2n) is 6.39. The smallest absolute Gasteiger partial charge is 0.332 e. The first kappa shape index (κ1) is 20.4. The lowest BCUT2D eigenvalue weighted by Crippen LogP contribution is -2.39. The van der Waals surface area contributed by atoms with Crippen molar-refractivity contribution in [3.63, 3.8) is 0 Å². The van der Waals surface area contributed by atoms with E-state index in [1.165, 1.54) is 48.4 Å². The first-order valence-electron chi connectivity index (χ1n) is 8.85. The quantitative estimate of drug-likeness (QED) is 0.721. The van der Waals surface area contributed by atoms with E-state index in [0.717, 1.165) is 17.0 Å². The Morgan fingerprint density at radius 1 is 1.03 bits per heavy atom. The maximum atomic E-state index is 13.2. The summed E-state index contributed by atoms with van der Waals surface area (Å²) in [6.45, 7) is 0.277. The highest BCUT2D eigenvalue weighted by atomic mass is 19.1. The van der Waals surface area contributed by atoms with Crippen LogP contribution >= 0.6 is 0 Å². The van der Waals surface area contributed by atoms with Gasteiger partial charge in [0, 0.05) is 19.3 Å². The van der Waals surface area contributed by atoms with Crippen LogP contribution in [-0.4, -0.2) is 49.0 Å². The van der Waals surface area contributed by atoms with E-state index < -0.39 is 35.5 Å². The summed E-state index contributed by atoms with van der Waals surface area (Å²) in [6, 6.07) is 8.45. The van der Waals surface area contributed by atoms with E-state index in [2.05, 4.69) is 5.32 Å². The van der Waals surface area contributed by atoms with Crippen molar-refractivity contribution in [1.29, 1.82) is 0 Å². The number of nitrogens with zero attached hydrogens (tertiary/aromatic N) is 2. The van der Waals surface area contributed by atoms with Gasteiger partial charge in [-0.05, 0) is 48.5 Å². The fourth-order valence-electron chi connectivity index (χ4n) is 3.03. The second-order valence-corrected chi connectivity index (χ2v) is 6.39. The number of anilines is 2. The monoisotopic (exact) mass is 403 g/mol. The highest BCUT2D eigenvalue weighted by Crippen LogP contribution is 2.27. The lowest BCUT2D eigenvalue weighted by molar-refractivity contribution is -0.124. The summed E-state index contributed by atoms with van der Waals surface area (Å²) in [5, 5.41) is 2.57. The van der Waals surface area contributed by atoms with Crippen LogP contribution in [0.4, 0.5) is 25.0 Å². The van der Waals surface area contributed by atoms with Crippen LogP contribution in [-0.2, 0) is 14.3 Å². The Morgan fingerprint density at radius 3 is 2.21 bits per heavy atom. The van der Waals surface area contributed by atoms with Gasteiger partial charge in [0.05, 0.1) is 18.7 Å². The number of hydrogen-bond donors (Lipinski definition) is 1. The summed E-state index contributed by atoms with van der Waals surface area (Å²) in [4.78, 5) is 40.3. The Bertz CT molecular complexity index is 903. The van der Waals surface area contributed by atoms with Crippen LogP contribution in [0.5, 0.6) is 0 Å². The minimum Gasteiger partial charge on any atom is -0.383 e. The average Bonchev–Trinajstić information content (AvgIpc) is 2.92. The number of methoxy groups -OCH3 is 1. The van der Waals surface area contributed by atoms with Gasteiger partial charge in [-0.15, -0.1) is 0 Å². The zero-order valence-electron chi connectivity index (χ0n) is 15.6. The molecule has 1 fully saturated rings. The average molecular weight is 403 g/mol. The van der Waals surface area contributed by atoms with Crippen LogP contribution in [0, 0.1) is 11.6 Å². The molecule has 1 aliphatic rings. The number of urea groups is 1. The molecule has 0 aliphatic carbocycles. The van der Waals surface area contributed by atoms with Crippen molar-refractivity contribution in [2.45, 2.75) is 12.5 Å². The Hall–Kier alpha value is -3.33. The van der Waals surface area contributed by atoms with E-state index in [4.69, 9.17) is 4.74 Å². The zero-order valence-corrected chi connectivity index (χ0v) is 15.6. The minimum atomic E-state index is -1.04. The van der Waals surface area contributed by atoms with Gasteiger partial charge in [0.15, 0.2) is 0 Å². The van der Waals surface area contributed by atoms with E-state index in [1.54, 1.807) is 0 Å². The molecule has 0 unspecified atom stereocenters. The Kier molecular flexibility index (Phi) is 6.18. The van der Waals surface area contributed by atoms with Gasteiger partial charge in [0.25, 0.3) is 5.91 Å². The van der Waals surface area contributed by atoms with Crippen LogP contribution in [0.1, 0.15) is 6.42 Å². The third-order valence-electron chi connectivity index (χ3n) is 4.45. The van der Waals surface area contributed by atoms with Crippen molar-refractivity contribution in [3.8, 4) is 0 Å². The van der Waals surface area contributed by atoms with E-state index in [1.807, 2.05) is 0 Å². The highest BCUT2D eigenvalue weighted by Gasteiger charge is 2.46. The van der Waals surface area contributed by atoms with E-state index in [-0.39, 0.29) is 25.3 Å². The SMILES string of the molecule is COCCN1C(=O)N(c2ccc(F)cc2)C(=O)[C@@H]1CC(=O)Nc1ccc(F)cc1. The van der Waals surface area contributed by atoms with Crippen LogP contribution in [0.2, 0.25) is 0 Å². The maximum absolute atomic E-state index is 13.2. The van der Waals surface area contributed by atoms with Crippen LogP contribution < -0.4 is 10.2 Å². The lowest BCUT2D eigenvalue weighted by atomic mass is 10.1. The van der Waals surface area contributed by atoms with Crippen molar-refractivity contribution in [3.05, 3.63) is 60.2 Å². The zero-order chi connectivity index (χ0) is 21.0. The van der Waals surface area contributed by atoms with Crippen molar-refractivity contribution in [2.75, 3.05) is 30.5 Å². The van der Waals surface area contributed by atoms with E-state index >= 15 is 0 Å². The number of carbonyl (C=O) groups excluding carboxylic acids is 3. The second kappa shape index (κ2) is 8.78. The van der Waals surface area contributed by atoms with Gasteiger partial charge >= 0.3 is 6.03 Å². The van der Waals surface area contributed by atoms with E-state index in [0.29, 0.717) is 5.69 Å². The van der Waals surface area contributed by atoms with Gasteiger partial charge in [0.2, 0.25) is 5.91 Å². The topological polar surface area (TPSA) is 79.0 Å². The number of hydrogen-bond acceptors (Lipinski definition) is 4. The number of amides is 4. The van der Waals surface area contributed by atoms with Gasteiger partial charge in [-0.2, -0.15) is 0 Å². The summed E-state index contributed by atoms with van der Waals surface area (Å²) in [6.07, 6.45) is -0.288. The number of ether oxygens (including phenoxy) is 1. The molecule has 3 rings (SSSR count). The molecule has 29 heavy (non-hydrogen) atoms. The summed E-state index contributed by atoms with van der Waals surface area (Å²) in [5.41, 5.74) is 0.581. The summed E-state index contributed by atoms with van der Waals surface area (Å²) in [5.74, 6) is -2.04. The maximum Gasteiger partial charge on any atom is 0.332 e. The normalized spacial score (nSPS) is 16.4. The predicted octanol–water partition coefficient (Wildman–Crippen LogP) is 2.78. The molecular weight excluding hydrogens is 384 g/mol. The largest absolute Gasteiger partial charge is 0.383 e. The Labute approximate surface area is 165 Å². The standard InChI is InChI=1S/C20H19F2N3O4/c1-29-11-10-24-17(12-18(26)23-15-6-2-13(21)3-7-15)19(27)25(20(24)28)16-8-4-14(22)5-9-16/h2-9,17H,10-12H2,1H3,(H,23,26)/t17-/m0/s1. The molecule has 1 N–H and O–H groups in total. The Balaban J connectivity index is 1.79. The molecule has 2 aromatic rings. The van der Waals surface area contributed by atoms with Crippen LogP contribution in [0.25, 0.3) is 0 Å². The first-order chi connectivity index (χ1) is 13.9. The van der Waals surface area contributed by atoms with E-state index in [9.17, 15) is 23.2 Å². The predicted molar refractivity (Wildman–Crippen MR) is 101 cm³/mol. The fraction of sp³-hybridized carbons (Fsp3) is 0.250. The van der Waals surface area contributed by atoms with Crippen molar-refractivity contribution in [1.82, 2.24) is 4.90 Å². The lowest BCUT2D eigenvalue weighted by Gasteiger charge is -2.21. The highest BCUT2D eigenvalue weighted by molar-refractivity contribution is 6.22. The molecule has 0 spiro atoms. The molecule has 1 aliphatic heterocycles. The van der Waals surface area contributed by atoms with Gasteiger partial charge < -0.3 is 15.0 Å². The molecule has 1 heterocycles. The summed E-state index contributed by atoms with van der Waals surface area (Å²) >= 11 is 0. The number of nitrogens with one attached hydrogen (secondary N) is 1. The number of benzene rings is 2. The molecule has 0 radical (unpaired) electrons. The molecule has 9 heteroatoms. The van der Waals surface area contributed by atoms with Crippen molar-refractivity contribution >= 4 is 29.2 Å². The molecule has 7 nitrogen and oxygen atoms in total. The molecular formula is C20H19F2N3O4. The third-order valence-corrected chi connectivity index (χ3v) is 4.45. The molecule has 152 valence electrons. The van der Waals surface area contributed by atoms with Gasteiger partial charge in [-0.3, -0.25) is 9.59 Å². The molecule has 1 saturated heterocycles. The molecule has 0 bridgehead atoms.